The van der Waals surface area contributed by atoms with Crippen molar-refractivity contribution in [2.75, 3.05) is 25.5 Å². The Morgan fingerprint density at radius 1 is 1.21 bits per heavy atom. The van der Waals surface area contributed by atoms with E-state index in [2.05, 4.69) is 30.9 Å². The molecular formula is C21H30N6O2. The molecule has 0 unspecified atom stereocenters. The highest BCUT2D eigenvalue weighted by Crippen LogP contribution is 2.33. The Hall–Kier alpha value is -3.00. The summed E-state index contributed by atoms with van der Waals surface area (Å²) in [6, 6.07) is 5.90. The third-order valence-electron chi connectivity index (χ3n) is 4.03. The Balaban J connectivity index is 2.34. The normalized spacial score (nSPS) is 11.5. The number of nitrogens with zero attached hydrogens (tertiary/aromatic N) is 3. The number of aliphatic imine (C=N–C) groups is 1. The highest BCUT2D eigenvalue weighted by molar-refractivity contribution is 6.38. The smallest absolute Gasteiger partial charge is 0.265 e. The van der Waals surface area contributed by atoms with E-state index >= 15 is 0 Å². The van der Waals surface area contributed by atoms with Gasteiger partial charge in [0.05, 0.1) is 17.5 Å². The number of carbonyl (C=O) groups excluding carboxylic acids is 1. The first-order valence-corrected chi connectivity index (χ1v) is 9.65. The standard InChI is InChI=1S/C21H30N6O2/c1-13(2)29-18-11-14(3)7-8-17(18)27-20-19(15(4)24-12-25-20)26-16(5)21(28)23-10-9-22-6/h7-8,11-13,22H,9-10H2,1-6H3,(H,23,28)(H,24,25,27)/b26-16+. The molecule has 0 radical (unpaired) electrons. The molecule has 1 heterocycles. The first-order chi connectivity index (χ1) is 13.8. The summed E-state index contributed by atoms with van der Waals surface area (Å²) in [4.78, 5) is 25.3. The van der Waals surface area contributed by atoms with Crippen LogP contribution in [0.3, 0.4) is 0 Å². The van der Waals surface area contributed by atoms with Crippen LogP contribution in [0.1, 0.15) is 32.0 Å². The Labute approximate surface area is 172 Å². The minimum Gasteiger partial charge on any atom is -0.489 e. The zero-order valence-electron chi connectivity index (χ0n) is 18.0. The lowest BCUT2D eigenvalue weighted by Crippen LogP contribution is -2.34. The molecule has 29 heavy (non-hydrogen) atoms. The number of nitrogens with one attached hydrogen (secondary N) is 3. The second-order valence-corrected chi connectivity index (χ2v) is 7.00. The molecular weight excluding hydrogens is 368 g/mol. The minimum atomic E-state index is -0.228. The predicted octanol–water partition coefficient (Wildman–Crippen LogP) is 3.05. The molecule has 8 nitrogen and oxygen atoms in total. The van der Waals surface area contributed by atoms with Crippen LogP contribution in [0, 0.1) is 13.8 Å². The summed E-state index contributed by atoms with van der Waals surface area (Å²) in [6.07, 6.45) is 1.50. The van der Waals surface area contributed by atoms with E-state index in [1.807, 2.05) is 52.9 Å². The molecule has 0 saturated carbocycles. The molecule has 0 bridgehead atoms. The Morgan fingerprint density at radius 3 is 2.66 bits per heavy atom. The lowest BCUT2D eigenvalue weighted by atomic mass is 10.2. The van der Waals surface area contributed by atoms with Gasteiger partial charge in [-0.15, -0.1) is 0 Å². The molecule has 1 aromatic carbocycles. The average Bonchev–Trinajstić information content (AvgIpc) is 2.66. The van der Waals surface area contributed by atoms with E-state index in [-0.39, 0.29) is 12.0 Å². The fraction of sp³-hybridized carbons (Fsp3) is 0.429. The van der Waals surface area contributed by atoms with E-state index in [0.717, 1.165) is 17.0 Å². The number of benzene rings is 1. The van der Waals surface area contributed by atoms with Crippen LogP contribution in [-0.2, 0) is 4.79 Å². The van der Waals surface area contributed by atoms with E-state index < -0.39 is 0 Å². The first kappa shape index (κ1) is 22.3. The molecule has 0 fully saturated rings. The SMILES string of the molecule is CNCCNC(=O)/C(C)=N/c1c(C)ncnc1Nc1ccc(C)cc1OC(C)C. The van der Waals surface area contributed by atoms with Crippen LogP contribution in [0.5, 0.6) is 5.75 Å². The van der Waals surface area contributed by atoms with Gasteiger partial charge in [-0.3, -0.25) is 4.79 Å². The van der Waals surface area contributed by atoms with Gasteiger partial charge < -0.3 is 20.7 Å². The molecule has 156 valence electrons. The Kier molecular flexibility index (Phi) is 8.09. The van der Waals surface area contributed by atoms with Gasteiger partial charge >= 0.3 is 0 Å². The number of aryl methyl sites for hydroxylation is 2. The predicted molar refractivity (Wildman–Crippen MR) is 117 cm³/mol. The number of likely N-dealkylation sites (N-methyl/N-ethyl adjacent to an activating group) is 1. The zero-order chi connectivity index (χ0) is 21.4. The first-order valence-electron chi connectivity index (χ1n) is 9.65. The van der Waals surface area contributed by atoms with Gasteiger partial charge in [0.15, 0.2) is 5.82 Å². The third kappa shape index (κ3) is 6.53. The summed E-state index contributed by atoms with van der Waals surface area (Å²) in [5.41, 5.74) is 3.39. The van der Waals surface area contributed by atoms with E-state index in [9.17, 15) is 4.79 Å². The second kappa shape index (κ2) is 10.5. The number of aromatic nitrogens is 2. The van der Waals surface area contributed by atoms with Gasteiger partial charge in [0.2, 0.25) is 0 Å². The summed E-state index contributed by atoms with van der Waals surface area (Å²) in [5.74, 6) is 1.01. The number of ether oxygens (including phenoxy) is 1. The van der Waals surface area contributed by atoms with Crippen molar-refractivity contribution in [1.29, 1.82) is 0 Å². The number of hydrogen-bond acceptors (Lipinski definition) is 7. The van der Waals surface area contributed by atoms with Gasteiger partial charge in [0.1, 0.15) is 23.5 Å². The molecule has 2 rings (SSSR count). The molecule has 8 heteroatoms. The van der Waals surface area contributed by atoms with Crippen molar-refractivity contribution >= 4 is 28.8 Å². The molecule has 1 aromatic heterocycles. The van der Waals surface area contributed by atoms with Gasteiger partial charge in [0, 0.05) is 13.1 Å². The van der Waals surface area contributed by atoms with Gasteiger partial charge in [-0.25, -0.2) is 15.0 Å². The molecule has 2 aromatic rings. The van der Waals surface area contributed by atoms with E-state index in [4.69, 9.17) is 4.74 Å². The molecule has 0 aliphatic heterocycles. The van der Waals surface area contributed by atoms with Crippen molar-refractivity contribution in [3.8, 4) is 5.75 Å². The highest BCUT2D eigenvalue weighted by Gasteiger charge is 2.14. The van der Waals surface area contributed by atoms with Crippen LogP contribution in [0.2, 0.25) is 0 Å². The Bertz CT molecular complexity index is 879. The molecule has 3 N–H and O–H groups in total. The summed E-state index contributed by atoms with van der Waals surface area (Å²) < 4.78 is 5.93. The highest BCUT2D eigenvalue weighted by atomic mass is 16.5. The monoisotopic (exact) mass is 398 g/mol. The second-order valence-electron chi connectivity index (χ2n) is 7.00. The largest absolute Gasteiger partial charge is 0.489 e. The van der Waals surface area contributed by atoms with Crippen molar-refractivity contribution in [2.24, 2.45) is 4.99 Å². The van der Waals surface area contributed by atoms with Gasteiger partial charge in [-0.1, -0.05) is 6.07 Å². The summed E-state index contributed by atoms with van der Waals surface area (Å²) >= 11 is 0. The maximum absolute atomic E-state index is 12.3. The van der Waals surface area contributed by atoms with Crippen LogP contribution < -0.4 is 20.7 Å². The van der Waals surface area contributed by atoms with Crippen LogP contribution in [0.25, 0.3) is 0 Å². The molecule has 0 spiro atoms. The fourth-order valence-corrected chi connectivity index (χ4v) is 2.55. The van der Waals surface area contributed by atoms with E-state index in [1.54, 1.807) is 6.92 Å². The van der Waals surface area contributed by atoms with Crippen molar-refractivity contribution in [3.05, 3.63) is 35.8 Å². The number of rotatable bonds is 9. The average molecular weight is 399 g/mol. The van der Waals surface area contributed by atoms with Crippen LogP contribution in [0.4, 0.5) is 17.2 Å². The molecule has 0 atom stereocenters. The van der Waals surface area contributed by atoms with Crippen molar-refractivity contribution in [1.82, 2.24) is 20.6 Å². The molecule has 0 aliphatic rings. The lowest BCUT2D eigenvalue weighted by molar-refractivity contribution is -0.114. The number of amides is 1. The third-order valence-corrected chi connectivity index (χ3v) is 4.03. The fourth-order valence-electron chi connectivity index (χ4n) is 2.55. The maximum Gasteiger partial charge on any atom is 0.265 e. The van der Waals surface area contributed by atoms with Crippen LogP contribution in [-0.4, -0.2) is 47.8 Å². The Morgan fingerprint density at radius 2 is 1.97 bits per heavy atom. The lowest BCUT2D eigenvalue weighted by Gasteiger charge is -2.17. The van der Waals surface area contributed by atoms with Crippen molar-refractivity contribution < 1.29 is 9.53 Å². The van der Waals surface area contributed by atoms with Gasteiger partial charge in [-0.05, 0) is 59.4 Å². The van der Waals surface area contributed by atoms with Crippen LogP contribution in [0.15, 0.2) is 29.5 Å². The molecule has 0 saturated heterocycles. The quantitative estimate of drug-likeness (QED) is 0.443. The minimum absolute atomic E-state index is 0.0329. The van der Waals surface area contributed by atoms with Crippen molar-refractivity contribution in [2.45, 2.75) is 40.7 Å². The summed E-state index contributed by atoms with van der Waals surface area (Å²) in [5, 5.41) is 9.09. The van der Waals surface area contributed by atoms with Crippen molar-refractivity contribution in [3.63, 3.8) is 0 Å². The van der Waals surface area contributed by atoms with Crippen LogP contribution >= 0.6 is 0 Å². The van der Waals surface area contributed by atoms with Gasteiger partial charge in [0.25, 0.3) is 5.91 Å². The number of anilines is 2. The zero-order valence-corrected chi connectivity index (χ0v) is 18.0. The number of hydrogen-bond donors (Lipinski definition) is 3. The topological polar surface area (TPSA) is 101 Å². The van der Waals surface area contributed by atoms with E-state index in [0.29, 0.717) is 36.0 Å². The molecule has 0 aliphatic carbocycles. The summed E-state index contributed by atoms with van der Waals surface area (Å²) in [6.45, 7) is 10.7. The maximum atomic E-state index is 12.3. The molecule has 1 amide bonds. The summed E-state index contributed by atoms with van der Waals surface area (Å²) in [7, 11) is 1.83. The van der Waals surface area contributed by atoms with E-state index in [1.165, 1.54) is 6.33 Å². The number of carbonyl (C=O) groups is 1. The van der Waals surface area contributed by atoms with Gasteiger partial charge in [-0.2, -0.15) is 0 Å².